The molecule has 1 unspecified atom stereocenters. The van der Waals surface area contributed by atoms with Crippen molar-refractivity contribution in [2.75, 3.05) is 26.2 Å². The SMILES string of the molecule is CCCC1CCN(CC(C)(O)CN)CC1. The zero-order chi connectivity index (χ0) is 11.3. The van der Waals surface area contributed by atoms with Crippen LogP contribution in [-0.4, -0.2) is 41.8 Å². The molecule has 0 saturated carbocycles. The van der Waals surface area contributed by atoms with Crippen molar-refractivity contribution in [3.05, 3.63) is 0 Å². The summed E-state index contributed by atoms with van der Waals surface area (Å²) in [5, 5.41) is 9.88. The van der Waals surface area contributed by atoms with Crippen LogP contribution in [0.5, 0.6) is 0 Å². The Morgan fingerprint density at radius 3 is 2.47 bits per heavy atom. The monoisotopic (exact) mass is 214 g/mol. The average molecular weight is 214 g/mol. The van der Waals surface area contributed by atoms with Crippen LogP contribution in [0, 0.1) is 5.92 Å². The van der Waals surface area contributed by atoms with E-state index < -0.39 is 5.60 Å². The maximum absolute atomic E-state index is 9.88. The highest BCUT2D eigenvalue weighted by Gasteiger charge is 2.25. The molecule has 0 spiro atoms. The summed E-state index contributed by atoms with van der Waals surface area (Å²) in [6.07, 6.45) is 5.23. The number of aliphatic hydroxyl groups is 1. The normalized spacial score (nSPS) is 24.0. The summed E-state index contributed by atoms with van der Waals surface area (Å²) < 4.78 is 0. The molecule has 90 valence electrons. The molecule has 1 aliphatic heterocycles. The molecule has 1 rings (SSSR count). The Morgan fingerprint density at radius 1 is 1.40 bits per heavy atom. The van der Waals surface area contributed by atoms with Crippen LogP contribution in [-0.2, 0) is 0 Å². The molecule has 15 heavy (non-hydrogen) atoms. The van der Waals surface area contributed by atoms with Gasteiger partial charge in [-0.1, -0.05) is 19.8 Å². The van der Waals surface area contributed by atoms with Gasteiger partial charge in [-0.05, 0) is 38.8 Å². The fourth-order valence-corrected chi connectivity index (χ4v) is 2.39. The van der Waals surface area contributed by atoms with Crippen molar-refractivity contribution in [2.45, 2.75) is 45.1 Å². The summed E-state index contributed by atoms with van der Waals surface area (Å²) in [5.41, 5.74) is 4.81. The van der Waals surface area contributed by atoms with Crippen molar-refractivity contribution in [1.82, 2.24) is 4.90 Å². The van der Waals surface area contributed by atoms with Gasteiger partial charge in [-0.15, -0.1) is 0 Å². The van der Waals surface area contributed by atoms with Crippen molar-refractivity contribution in [1.29, 1.82) is 0 Å². The molecule has 3 N–H and O–H groups in total. The zero-order valence-corrected chi connectivity index (χ0v) is 10.2. The molecule has 1 heterocycles. The third kappa shape index (κ3) is 4.49. The van der Waals surface area contributed by atoms with Crippen molar-refractivity contribution in [3.63, 3.8) is 0 Å². The average Bonchev–Trinajstić information content (AvgIpc) is 2.21. The first kappa shape index (κ1) is 12.9. The Labute approximate surface area is 93.6 Å². The molecule has 0 amide bonds. The number of likely N-dealkylation sites (tertiary alicyclic amines) is 1. The lowest BCUT2D eigenvalue weighted by atomic mass is 9.92. The second-order valence-corrected chi connectivity index (χ2v) is 5.21. The van der Waals surface area contributed by atoms with Gasteiger partial charge in [-0.25, -0.2) is 0 Å². The van der Waals surface area contributed by atoms with Crippen LogP contribution in [0.1, 0.15) is 39.5 Å². The molecule has 0 aromatic rings. The van der Waals surface area contributed by atoms with E-state index in [-0.39, 0.29) is 0 Å². The lowest BCUT2D eigenvalue weighted by Crippen LogP contribution is -2.48. The van der Waals surface area contributed by atoms with Crippen LogP contribution in [0.4, 0.5) is 0 Å². The molecule has 0 aromatic heterocycles. The van der Waals surface area contributed by atoms with Crippen LogP contribution in [0.2, 0.25) is 0 Å². The van der Waals surface area contributed by atoms with Crippen LogP contribution >= 0.6 is 0 Å². The number of nitrogens with zero attached hydrogens (tertiary/aromatic N) is 1. The van der Waals surface area contributed by atoms with E-state index in [1.807, 2.05) is 6.92 Å². The lowest BCUT2D eigenvalue weighted by molar-refractivity contribution is 0.0161. The van der Waals surface area contributed by atoms with Crippen LogP contribution in [0.15, 0.2) is 0 Å². The predicted octanol–water partition coefficient (Wildman–Crippen LogP) is 1.21. The molecular formula is C12H26N2O. The third-order valence-corrected chi connectivity index (χ3v) is 3.41. The van der Waals surface area contributed by atoms with E-state index in [1.165, 1.54) is 25.7 Å². The zero-order valence-electron chi connectivity index (χ0n) is 10.2. The van der Waals surface area contributed by atoms with E-state index >= 15 is 0 Å². The van der Waals surface area contributed by atoms with E-state index in [1.54, 1.807) is 0 Å². The van der Waals surface area contributed by atoms with Gasteiger partial charge >= 0.3 is 0 Å². The van der Waals surface area contributed by atoms with E-state index in [0.29, 0.717) is 6.54 Å². The molecule has 0 radical (unpaired) electrons. The van der Waals surface area contributed by atoms with E-state index in [2.05, 4.69) is 11.8 Å². The lowest BCUT2D eigenvalue weighted by Gasteiger charge is -2.36. The summed E-state index contributed by atoms with van der Waals surface area (Å²) in [5.74, 6) is 0.911. The molecule has 3 nitrogen and oxygen atoms in total. The fourth-order valence-electron chi connectivity index (χ4n) is 2.39. The number of hydrogen-bond acceptors (Lipinski definition) is 3. The maximum Gasteiger partial charge on any atom is 0.0867 e. The first-order valence-electron chi connectivity index (χ1n) is 6.22. The molecule has 0 bridgehead atoms. The molecule has 3 heteroatoms. The van der Waals surface area contributed by atoms with Crippen LogP contribution in [0.25, 0.3) is 0 Å². The quantitative estimate of drug-likeness (QED) is 0.723. The highest BCUT2D eigenvalue weighted by atomic mass is 16.3. The van der Waals surface area contributed by atoms with Gasteiger partial charge in [0.15, 0.2) is 0 Å². The number of piperidine rings is 1. The number of β-amino-alcohol motifs (C(OH)–C–C–N with tert-alkyl or cyclic N) is 1. The Hall–Kier alpha value is -0.120. The maximum atomic E-state index is 9.88. The largest absolute Gasteiger partial charge is 0.388 e. The standard InChI is InChI=1S/C12H26N2O/c1-3-4-11-5-7-14(8-6-11)10-12(2,15)9-13/h11,15H,3-10,13H2,1-2H3. The number of rotatable bonds is 5. The predicted molar refractivity (Wildman–Crippen MR) is 63.8 cm³/mol. The Bertz CT molecular complexity index is 174. The van der Waals surface area contributed by atoms with Gasteiger partial charge in [0.25, 0.3) is 0 Å². The van der Waals surface area contributed by atoms with Gasteiger partial charge < -0.3 is 15.7 Å². The molecular weight excluding hydrogens is 188 g/mol. The summed E-state index contributed by atoms with van der Waals surface area (Å²) in [7, 11) is 0. The second-order valence-electron chi connectivity index (χ2n) is 5.21. The van der Waals surface area contributed by atoms with Crippen molar-refractivity contribution in [3.8, 4) is 0 Å². The Kier molecular flexibility index (Phi) is 5.03. The minimum Gasteiger partial charge on any atom is -0.388 e. The molecule has 0 aliphatic carbocycles. The first-order valence-corrected chi connectivity index (χ1v) is 6.22. The summed E-state index contributed by atoms with van der Waals surface area (Å²) in [4.78, 5) is 2.35. The summed E-state index contributed by atoms with van der Waals surface area (Å²) >= 11 is 0. The molecule has 1 fully saturated rings. The van der Waals surface area contributed by atoms with Gasteiger partial charge in [-0.3, -0.25) is 0 Å². The van der Waals surface area contributed by atoms with Gasteiger partial charge in [0.1, 0.15) is 0 Å². The van der Waals surface area contributed by atoms with Crippen molar-refractivity contribution >= 4 is 0 Å². The fraction of sp³-hybridized carbons (Fsp3) is 1.00. The second kappa shape index (κ2) is 5.83. The minimum absolute atomic E-state index is 0.349. The minimum atomic E-state index is -0.711. The molecule has 1 atom stereocenters. The Morgan fingerprint density at radius 2 is 2.00 bits per heavy atom. The van der Waals surface area contributed by atoms with Crippen molar-refractivity contribution < 1.29 is 5.11 Å². The van der Waals surface area contributed by atoms with Crippen LogP contribution < -0.4 is 5.73 Å². The molecule has 1 saturated heterocycles. The smallest absolute Gasteiger partial charge is 0.0867 e. The van der Waals surface area contributed by atoms with E-state index in [4.69, 9.17) is 5.73 Å². The summed E-state index contributed by atoms with van der Waals surface area (Å²) in [6.45, 7) is 7.41. The number of hydrogen-bond donors (Lipinski definition) is 2. The Balaban J connectivity index is 2.25. The molecule has 0 aromatic carbocycles. The number of nitrogens with two attached hydrogens (primary N) is 1. The molecule has 1 aliphatic rings. The van der Waals surface area contributed by atoms with Gasteiger partial charge in [0.2, 0.25) is 0 Å². The summed E-state index contributed by atoms with van der Waals surface area (Å²) in [6, 6.07) is 0. The van der Waals surface area contributed by atoms with Crippen LogP contribution in [0.3, 0.4) is 0 Å². The van der Waals surface area contributed by atoms with E-state index in [9.17, 15) is 5.11 Å². The van der Waals surface area contributed by atoms with Crippen molar-refractivity contribution in [2.24, 2.45) is 11.7 Å². The van der Waals surface area contributed by atoms with E-state index in [0.717, 1.165) is 25.6 Å². The van der Waals surface area contributed by atoms with Gasteiger partial charge in [0.05, 0.1) is 5.60 Å². The topological polar surface area (TPSA) is 49.5 Å². The van der Waals surface area contributed by atoms with Gasteiger partial charge in [-0.2, -0.15) is 0 Å². The highest BCUT2D eigenvalue weighted by Crippen LogP contribution is 2.22. The van der Waals surface area contributed by atoms with Gasteiger partial charge in [0, 0.05) is 13.1 Å². The first-order chi connectivity index (χ1) is 7.07. The third-order valence-electron chi connectivity index (χ3n) is 3.41. The highest BCUT2D eigenvalue weighted by molar-refractivity contribution is 4.81.